The maximum absolute atomic E-state index is 12.8. The Labute approximate surface area is 118 Å². The van der Waals surface area contributed by atoms with Crippen molar-refractivity contribution in [3.63, 3.8) is 0 Å². The number of rotatable bonds is 3. The number of sulfonamides is 1. The van der Waals surface area contributed by atoms with Crippen molar-refractivity contribution in [3.8, 4) is 0 Å². The lowest BCUT2D eigenvalue weighted by Crippen LogP contribution is -2.38. The molecule has 102 valence electrons. The number of thiocarbonyl (C=S) groups is 1. The fourth-order valence-electron chi connectivity index (χ4n) is 3.20. The smallest absolute Gasteiger partial charge is 0.244 e. The minimum absolute atomic E-state index is 0.128. The van der Waals surface area contributed by atoms with Gasteiger partial charge in [0.15, 0.2) is 0 Å². The van der Waals surface area contributed by atoms with E-state index in [4.69, 9.17) is 18.0 Å². The largest absolute Gasteiger partial charge is 0.389 e. The zero-order chi connectivity index (χ0) is 13.6. The molecule has 3 rings (SSSR count). The highest BCUT2D eigenvalue weighted by Gasteiger charge is 2.44. The molecule has 1 aromatic rings. The van der Waals surface area contributed by atoms with E-state index >= 15 is 0 Å². The van der Waals surface area contributed by atoms with E-state index in [0.717, 1.165) is 19.3 Å². The molecule has 2 N–H and O–H groups in total. The number of hydrogen-bond acceptors (Lipinski definition) is 3. The van der Waals surface area contributed by atoms with Gasteiger partial charge in [-0.25, -0.2) is 8.42 Å². The molecule has 2 fully saturated rings. The average molecular weight is 296 g/mol. The minimum atomic E-state index is -3.48. The number of fused-ring (bicyclic) bond motifs is 2. The van der Waals surface area contributed by atoms with Gasteiger partial charge in [0.2, 0.25) is 10.0 Å². The summed E-state index contributed by atoms with van der Waals surface area (Å²) in [4.78, 5) is 0.374. The van der Waals surface area contributed by atoms with Crippen LogP contribution in [0.2, 0.25) is 0 Å². The zero-order valence-electron chi connectivity index (χ0n) is 10.5. The Bertz CT molecular complexity index is 627. The highest BCUT2D eigenvalue weighted by molar-refractivity contribution is 7.89. The second kappa shape index (κ2) is 4.54. The first-order valence-corrected chi connectivity index (χ1v) is 8.25. The fraction of sp³-hybridized carbons (Fsp3) is 0.462. The van der Waals surface area contributed by atoms with Gasteiger partial charge in [-0.15, -0.1) is 0 Å². The van der Waals surface area contributed by atoms with Crippen LogP contribution in [-0.4, -0.2) is 30.3 Å². The summed E-state index contributed by atoms with van der Waals surface area (Å²) in [5, 5.41) is 0. The maximum atomic E-state index is 12.8. The molecule has 19 heavy (non-hydrogen) atoms. The molecule has 0 radical (unpaired) electrons. The van der Waals surface area contributed by atoms with E-state index in [1.165, 1.54) is 0 Å². The molecule has 2 unspecified atom stereocenters. The van der Waals surface area contributed by atoms with E-state index in [9.17, 15) is 8.42 Å². The number of benzene rings is 1. The second-order valence-electron chi connectivity index (χ2n) is 5.27. The predicted molar refractivity (Wildman–Crippen MR) is 77.4 cm³/mol. The molecule has 0 aromatic heterocycles. The Hall–Kier alpha value is -0.980. The van der Waals surface area contributed by atoms with Crippen LogP contribution in [0.3, 0.4) is 0 Å². The first kappa shape index (κ1) is 13.0. The van der Waals surface area contributed by atoms with Crippen molar-refractivity contribution >= 4 is 27.2 Å². The van der Waals surface area contributed by atoms with Crippen LogP contribution in [-0.2, 0) is 10.0 Å². The molecule has 2 aliphatic rings. The molecule has 0 spiro atoms. The van der Waals surface area contributed by atoms with Crippen LogP contribution in [0.15, 0.2) is 29.2 Å². The molecule has 2 bridgehead atoms. The molecule has 6 heteroatoms. The summed E-state index contributed by atoms with van der Waals surface area (Å²) in [6.07, 6.45) is 3.11. The highest BCUT2D eigenvalue weighted by atomic mass is 32.2. The van der Waals surface area contributed by atoms with Crippen LogP contribution < -0.4 is 5.73 Å². The van der Waals surface area contributed by atoms with Gasteiger partial charge in [-0.05, 0) is 31.2 Å². The molecular weight excluding hydrogens is 280 g/mol. The van der Waals surface area contributed by atoms with Gasteiger partial charge in [-0.3, -0.25) is 0 Å². The van der Waals surface area contributed by atoms with Crippen molar-refractivity contribution in [2.75, 3.05) is 6.54 Å². The molecule has 1 heterocycles. The lowest BCUT2D eigenvalue weighted by atomic mass is 10.1. The second-order valence-corrected chi connectivity index (χ2v) is 7.57. The van der Waals surface area contributed by atoms with Gasteiger partial charge in [0.05, 0.1) is 4.90 Å². The third kappa shape index (κ3) is 2.07. The van der Waals surface area contributed by atoms with E-state index < -0.39 is 10.0 Å². The number of nitrogens with two attached hydrogens (primary N) is 1. The van der Waals surface area contributed by atoms with Crippen molar-refractivity contribution in [1.29, 1.82) is 0 Å². The van der Waals surface area contributed by atoms with E-state index in [2.05, 4.69) is 0 Å². The molecule has 1 aromatic carbocycles. The van der Waals surface area contributed by atoms with Gasteiger partial charge < -0.3 is 5.73 Å². The minimum Gasteiger partial charge on any atom is -0.389 e. The normalized spacial score (nSPS) is 26.7. The SMILES string of the molecule is NC(=S)c1ccccc1S(=O)(=O)N1CC2CCC1C2. The number of hydrogen-bond donors (Lipinski definition) is 1. The third-order valence-corrected chi connectivity index (χ3v) is 6.29. The quantitative estimate of drug-likeness (QED) is 0.859. The van der Waals surface area contributed by atoms with Crippen LogP contribution >= 0.6 is 12.2 Å². The van der Waals surface area contributed by atoms with Crippen LogP contribution in [0.4, 0.5) is 0 Å². The molecule has 2 atom stereocenters. The van der Waals surface area contributed by atoms with Gasteiger partial charge in [-0.1, -0.05) is 30.4 Å². The summed E-state index contributed by atoms with van der Waals surface area (Å²) in [7, 11) is -3.48. The van der Waals surface area contributed by atoms with Gasteiger partial charge in [-0.2, -0.15) is 4.31 Å². The zero-order valence-corrected chi connectivity index (χ0v) is 12.1. The molecule has 1 aliphatic carbocycles. The number of nitrogens with zero attached hydrogens (tertiary/aromatic N) is 1. The highest BCUT2D eigenvalue weighted by Crippen LogP contribution is 2.40. The van der Waals surface area contributed by atoms with Gasteiger partial charge in [0.1, 0.15) is 4.99 Å². The van der Waals surface area contributed by atoms with Crippen molar-refractivity contribution in [2.24, 2.45) is 11.7 Å². The number of piperidine rings is 1. The lowest BCUT2D eigenvalue weighted by molar-refractivity contribution is 0.333. The Morgan fingerprint density at radius 3 is 2.63 bits per heavy atom. The van der Waals surface area contributed by atoms with E-state index in [0.29, 0.717) is 18.0 Å². The lowest BCUT2D eigenvalue weighted by Gasteiger charge is -2.26. The summed E-state index contributed by atoms with van der Waals surface area (Å²) in [5.74, 6) is 0.525. The molecule has 1 aliphatic heterocycles. The van der Waals surface area contributed by atoms with Gasteiger partial charge >= 0.3 is 0 Å². The fourth-order valence-corrected chi connectivity index (χ4v) is 5.39. The summed E-state index contributed by atoms with van der Waals surface area (Å²) >= 11 is 4.95. The molecular formula is C13H16N2O2S2. The van der Waals surface area contributed by atoms with Crippen molar-refractivity contribution in [1.82, 2.24) is 4.31 Å². The summed E-state index contributed by atoms with van der Waals surface area (Å²) in [6, 6.07) is 6.89. The van der Waals surface area contributed by atoms with Gasteiger partial charge in [0, 0.05) is 18.2 Å². The van der Waals surface area contributed by atoms with Crippen LogP contribution in [0.1, 0.15) is 24.8 Å². The van der Waals surface area contributed by atoms with E-state index in [1.54, 1.807) is 28.6 Å². The van der Waals surface area contributed by atoms with Crippen LogP contribution in [0.5, 0.6) is 0 Å². The molecule has 4 nitrogen and oxygen atoms in total. The Morgan fingerprint density at radius 2 is 2.05 bits per heavy atom. The summed E-state index contributed by atoms with van der Waals surface area (Å²) < 4.78 is 27.2. The van der Waals surface area contributed by atoms with Crippen molar-refractivity contribution in [2.45, 2.75) is 30.2 Å². The molecule has 1 saturated carbocycles. The summed E-state index contributed by atoms with van der Waals surface area (Å²) in [6.45, 7) is 0.638. The maximum Gasteiger partial charge on any atom is 0.244 e. The average Bonchev–Trinajstić information content (AvgIpc) is 3.01. The predicted octanol–water partition coefficient (Wildman–Crippen LogP) is 1.49. The van der Waals surface area contributed by atoms with Crippen molar-refractivity contribution in [3.05, 3.63) is 29.8 Å². The van der Waals surface area contributed by atoms with Crippen LogP contribution in [0.25, 0.3) is 0 Å². The molecule has 1 saturated heterocycles. The standard InChI is InChI=1S/C13H16N2O2S2/c14-13(18)11-3-1-2-4-12(11)19(16,17)15-8-9-5-6-10(15)7-9/h1-4,9-10H,5-8H2,(H2,14,18). The first-order chi connectivity index (χ1) is 9.00. The van der Waals surface area contributed by atoms with E-state index in [-0.39, 0.29) is 15.9 Å². The summed E-state index contributed by atoms with van der Waals surface area (Å²) in [5.41, 5.74) is 6.08. The Morgan fingerprint density at radius 1 is 1.32 bits per heavy atom. The third-order valence-electron chi connectivity index (χ3n) is 4.10. The first-order valence-electron chi connectivity index (χ1n) is 6.41. The molecule has 0 amide bonds. The Kier molecular flexibility index (Phi) is 3.11. The van der Waals surface area contributed by atoms with Gasteiger partial charge in [0.25, 0.3) is 0 Å². The topological polar surface area (TPSA) is 63.4 Å². The van der Waals surface area contributed by atoms with Crippen LogP contribution in [0, 0.1) is 5.92 Å². The Balaban J connectivity index is 2.04. The van der Waals surface area contributed by atoms with E-state index in [1.807, 2.05) is 0 Å². The monoisotopic (exact) mass is 296 g/mol. The van der Waals surface area contributed by atoms with Crippen molar-refractivity contribution < 1.29 is 8.42 Å².